The fraction of sp³-hybridized carbons (Fsp3) is 0.381. The fourth-order valence-corrected chi connectivity index (χ4v) is 5.99. The highest BCUT2D eigenvalue weighted by atomic mass is 32.2. The molecule has 0 saturated carbocycles. The number of benzene rings is 2. The summed E-state index contributed by atoms with van der Waals surface area (Å²) in [5.41, 5.74) is 0.610. The van der Waals surface area contributed by atoms with Crippen molar-refractivity contribution in [1.29, 1.82) is 0 Å². The van der Waals surface area contributed by atoms with Crippen molar-refractivity contribution in [2.45, 2.75) is 11.8 Å². The van der Waals surface area contributed by atoms with Gasteiger partial charge in [0.1, 0.15) is 6.54 Å². The first-order valence-corrected chi connectivity index (χ1v) is 13.6. The number of carbonyl (C=O) groups excluding carboxylic acids is 1. The Morgan fingerprint density at radius 1 is 1.00 bits per heavy atom. The van der Waals surface area contributed by atoms with E-state index in [9.17, 15) is 21.6 Å². The molecule has 34 heavy (non-hydrogen) atoms. The number of hydrogen-bond acceptors (Lipinski definition) is 8. The van der Waals surface area contributed by atoms with Gasteiger partial charge in [-0.15, -0.1) is 0 Å². The molecule has 0 unspecified atom stereocenters. The van der Waals surface area contributed by atoms with Crippen molar-refractivity contribution in [2.24, 2.45) is 0 Å². The number of morpholine rings is 1. The van der Waals surface area contributed by atoms with Crippen LogP contribution >= 0.6 is 0 Å². The smallest absolute Gasteiger partial charge is 0.245 e. The maximum atomic E-state index is 12.7. The van der Waals surface area contributed by atoms with Crippen molar-refractivity contribution in [2.75, 3.05) is 55.0 Å². The largest absolute Gasteiger partial charge is 0.454 e. The van der Waals surface area contributed by atoms with Crippen molar-refractivity contribution >= 4 is 37.3 Å². The number of fused-ring (bicyclic) bond motifs is 1. The van der Waals surface area contributed by atoms with Gasteiger partial charge in [0.25, 0.3) is 0 Å². The molecule has 2 heterocycles. The third kappa shape index (κ3) is 5.12. The lowest BCUT2D eigenvalue weighted by atomic mass is 10.2. The van der Waals surface area contributed by atoms with Crippen LogP contribution in [0.15, 0.2) is 47.4 Å². The maximum Gasteiger partial charge on any atom is 0.245 e. The average Bonchev–Trinajstić information content (AvgIpc) is 3.31. The molecule has 2 aliphatic heterocycles. The SMILES string of the molecule is CCS(=O)(=O)N(CC(=O)Nc1ccc(S(=O)(=O)N2CCOCC2)cc1)c1ccc2c(c1)OCO2. The predicted molar refractivity (Wildman–Crippen MR) is 124 cm³/mol. The van der Waals surface area contributed by atoms with Crippen LogP contribution in [0.1, 0.15) is 6.92 Å². The zero-order valence-corrected chi connectivity index (χ0v) is 20.1. The van der Waals surface area contributed by atoms with E-state index in [0.29, 0.717) is 30.4 Å². The van der Waals surface area contributed by atoms with Crippen LogP contribution in [0.4, 0.5) is 11.4 Å². The van der Waals surface area contributed by atoms with Gasteiger partial charge in [0.05, 0.1) is 29.5 Å². The standard InChI is InChI=1S/C21H25N3O8S2/c1-2-33(26,27)24(17-5-8-19-20(13-17)32-15-31-19)14-21(25)22-16-3-6-18(7-4-16)34(28,29)23-9-11-30-12-10-23/h3-8,13H,2,9-12,14-15H2,1H3,(H,22,25). The van der Waals surface area contributed by atoms with Gasteiger partial charge in [-0.2, -0.15) is 4.31 Å². The Morgan fingerprint density at radius 3 is 2.35 bits per heavy atom. The molecule has 184 valence electrons. The minimum atomic E-state index is -3.78. The number of anilines is 2. The van der Waals surface area contributed by atoms with Gasteiger partial charge in [0.15, 0.2) is 11.5 Å². The molecule has 0 atom stereocenters. The normalized spacial score (nSPS) is 16.3. The van der Waals surface area contributed by atoms with Crippen LogP contribution < -0.4 is 19.1 Å². The summed E-state index contributed by atoms with van der Waals surface area (Å²) in [4.78, 5) is 12.8. The van der Waals surface area contributed by atoms with Gasteiger partial charge in [0, 0.05) is 24.8 Å². The topological polar surface area (TPSA) is 132 Å². The Balaban J connectivity index is 1.47. The van der Waals surface area contributed by atoms with Crippen LogP contribution in [0.25, 0.3) is 0 Å². The summed E-state index contributed by atoms with van der Waals surface area (Å²) in [6.45, 7) is 2.30. The van der Waals surface area contributed by atoms with E-state index in [2.05, 4.69) is 5.32 Å². The van der Waals surface area contributed by atoms with Crippen LogP contribution in [0.3, 0.4) is 0 Å². The highest BCUT2D eigenvalue weighted by molar-refractivity contribution is 7.92. The molecular weight excluding hydrogens is 486 g/mol. The summed E-state index contributed by atoms with van der Waals surface area (Å²) in [6, 6.07) is 10.4. The number of sulfonamides is 2. The van der Waals surface area contributed by atoms with E-state index in [1.807, 2.05) is 0 Å². The summed E-state index contributed by atoms with van der Waals surface area (Å²) >= 11 is 0. The second-order valence-electron chi connectivity index (χ2n) is 7.53. The molecule has 2 aliphatic rings. The lowest BCUT2D eigenvalue weighted by molar-refractivity contribution is -0.114. The van der Waals surface area contributed by atoms with E-state index in [-0.39, 0.29) is 36.2 Å². The summed E-state index contributed by atoms with van der Waals surface area (Å²) < 4.78 is 69.0. The fourth-order valence-electron chi connectivity index (χ4n) is 3.52. The molecule has 2 aromatic rings. The van der Waals surface area contributed by atoms with E-state index < -0.39 is 32.5 Å². The minimum Gasteiger partial charge on any atom is -0.454 e. The molecule has 0 radical (unpaired) electrons. The van der Waals surface area contributed by atoms with Crippen molar-refractivity contribution in [3.63, 3.8) is 0 Å². The van der Waals surface area contributed by atoms with Crippen LogP contribution in [-0.2, 0) is 29.6 Å². The van der Waals surface area contributed by atoms with E-state index in [1.54, 1.807) is 12.1 Å². The van der Waals surface area contributed by atoms with Crippen LogP contribution in [0.5, 0.6) is 11.5 Å². The molecule has 1 fully saturated rings. The monoisotopic (exact) mass is 511 g/mol. The first-order chi connectivity index (χ1) is 16.2. The van der Waals surface area contributed by atoms with Crippen molar-refractivity contribution in [1.82, 2.24) is 4.31 Å². The lowest BCUT2D eigenvalue weighted by Crippen LogP contribution is -2.40. The van der Waals surface area contributed by atoms with E-state index >= 15 is 0 Å². The summed E-state index contributed by atoms with van der Waals surface area (Å²) in [5.74, 6) is 0.0990. The zero-order chi connectivity index (χ0) is 24.3. The molecule has 13 heteroatoms. The Labute approximate surface area is 198 Å². The minimum absolute atomic E-state index is 0.0387. The Kier molecular flexibility index (Phi) is 6.98. The van der Waals surface area contributed by atoms with Crippen molar-refractivity contribution in [3.8, 4) is 11.5 Å². The highest BCUT2D eigenvalue weighted by Gasteiger charge is 2.27. The van der Waals surface area contributed by atoms with Gasteiger partial charge in [-0.3, -0.25) is 9.10 Å². The number of nitrogens with one attached hydrogen (secondary N) is 1. The van der Waals surface area contributed by atoms with E-state index in [1.165, 1.54) is 41.6 Å². The summed E-state index contributed by atoms with van der Waals surface area (Å²) in [5, 5.41) is 2.62. The average molecular weight is 512 g/mol. The van der Waals surface area contributed by atoms with Crippen molar-refractivity contribution in [3.05, 3.63) is 42.5 Å². The Hall–Kier alpha value is -2.87. The maximum absolute atomic E-state index is 12.7. The van der Waals surface area contributed by atoms with E-state index in [4.69, 9.17) is 14.2 Å². The number of amides is 1. The van der Waals surface area contributed by atoms with Crippen LogP contribution in [0, 0.1) is 0 Å². The molecule has 0 spiro atoms. The molecule has 11 nitrogen and oxygen atoms in total. The van der Waals surface area contributed by atoms with E-state index in [0.717, 1.165) is 4.31 Å². The van der Waals surface area contributed by atoms with Gasteiger partial charge in [0.2, 0.25) is 32.7 Å². The van der Waals surface area contributed by atoms with Crippen molar-refractivity contribution < 1.29 is 35.8 Å². The van der Waals surface area contributed by atoms with Gasteiger partial charge < -0.3 is 19.5 Å². The number of carbonyl (C=O) groups is 1. The number of rotatable bonds is 8. The Morgan fingerprint density at radius 2 is 1.68 bits per heavy atom. The molecule has 1 saturated heterocycles. The van der Waals surface area contributed by atoms with Crippen LogP contribution in [-0.4, -0.2) is 72.4 Å². The summed E-state index contributed by atoms with van der Waals surface area (Å²) in [6.07, 6.45) is 0. The zero-order valence-electron chi connectivity index (χ0n) is 18.5. The molecule has 1 amide bonds. The Bertz CT molecular complexity index is 1260. The number of hydrogen-bond donors (Lipinski definition) is 1. The predicted octanol–water partition coefficient (Wildman–Crippen LogP) is 1.23. The third-order valence-corrected chi connectivity index (χ3v) is 9.03. The molecule has 0 aromatic heterocycles. The summed E-state index contributed by atoms with van der Waals surface area (Å²) in [7, 11) is -7.43. The molecule has 0 bridgehead atoms. The molecule has 0 aliphatic carbocycles. The molecule has 4 rings (SSSR count). The highest BCUT2D eigenvalue weighted by Crippen LogP contribution is 2.36. The second kappa shape index (κ2) is 9.78. The first-order valence-electron chi connectivity index (χ1n) is 10.6. The van der Waals surface area contributed by atoms with Gasteiger partial charge in [-0.1, -0.05) is 0 Å². The van der Waals surface area contributed by atoms with Gasteiger partial charge in [-0.25, -0.2) is 16.8 Å². The molecule has 1 N–H and O–H groups in total. The second-order valence-corrected chi connectivity index (χ2v) is 11.7. The first kappa shape index (κ1) is 24.3. The quantitative estimate of drug-likeness (QED) is 0.560. The van der Waals surface area contributed by atoms with Crippen LogP contribution in [0.2, 0.25) is 0 Å². The van der Waals surface area contributed by atoms with Gasteiger partial charge in [-0.05, 0) is 43.3 Å². The lowest BCUT2D eigenvalue weighted by Gasteiger charge is -2.26. The molecular formula is C21H25N3O8S2. The van der Waals surface area contributed by atoms with Gasteiger partial charge >= 0.3 is 0 Å². The third-order valence-electron chi connectivity index (χ3n) is 5.38. The molecule has 2 aromatic carbocycles. The number of ether oxygens (including phenoxy) is 3. The number of nitrogens with zero attached hydrogens (tertiary/aromatic N) is 2.